The van der Waals surface area contributed by atoms with Crippen LogP contribution in [0.1, 0.15) is 56.9 Å². The molecular weight excluding hydrogens is 590 g/mol. The number of pyridine rings is 1. The number of carbonyl (C=O) groups is 2. The smallest absolute Gasteiger partial charge is 0.407 e. The van der Waals surface area contributed by atoms with Gasteiger partial charge >= 0.3 is 6.09 Å². The number of piperidine rings is 1. The normalized spacial score (nSPS) is 21.4. The fourth-order valence-corrected chi connectivity index (χ4v) is 6.10. The maximum absolute atomic E-state index is 14.4. The van der Waals surface area contributed by atoms with Crippen molar-refractivity contribution in [3.63, 3.8) is 0 Å². The summed E-state index contributed by atoms with van der Waals surface area (Å²) in [5.74, 6) is -3.15. The highest BCUT2D eigenvalue weighted by molar-refractivity contribution is 9.10. The first-order valence-electron chi connectivity index (χ1n) is 12.8. The Morgan fingerprint density at radius 2 is 1.98 bits per heavy atom. The molecule has 4 rings (SSSR count). The zero-order valence-electron chi connectivity index (χ0n) is 22.5. The fraction of sp³-hybridized carbons (Fsp3) is 0.429. The van der Waals surface area contributed by atoms with Crippen molar-refractivity contribution < 1.29 is 33.1 Å². The first-order valence-corrected chi connectivity index (χ1v) is 13.6. The van der Waals surface area contributed by atoms with Crippen LogP contribution in [0.5, 0.6) is 0 Å². The van der Waals surface area contributed by atoms with Crippen molar-refractivity contribution in [2.24, 2.45) is 5.41 Å². The van der Waals surface area contributed by atoms with Gasteiger partial charge in [-0.25, -0.2) is 13.6 Å². The van der Waals surface area contributed by atoms with Crippen LogP contribution in [-0.4, -0.2) is 56.4 Å². The number of aromatic nitrogens is 2. The van der Waals surface area contributed by atoms with Crippen LogP contribution in [0.25, 0.3) is 11.5 Å². The number of hydrogen-bond donors (Lipinski definition) is 3. The largest absolute Gasteiger partial charge is 0.465 e. The van der Waals surface area contributed by atoms with Gasteiger partial charge in [0.2, 0.25) is 5.91 Å². The Morgan fingerprint density at radius 1 is 1.25 bits per heavy atom. The van der Waals surface area contributed by atoms with E-state index in [0.29, 0.717) is 23.1 Å². The lowest BCUT2D eigenvalue weighted by molar-refractivity contribution is -0.118. The maximum Gasteiger partial charge on any atom is 0.407 e. The number of nitrogens with zero attached hydrogens (tertiary/aromatic N) is 3. The molecular formula is C28H31BrF2N4O5. The van der Waals surface area contributed by atoms with Crippen molar-refractivity contribution >= 4 is 27.9 Å². The van der Waals surface area contributed by atoms with E-state index in [9.17, 15) is 28.6 Å². The lowest BCUT2D eigenvalue weighted by atomic mass is 9.64. The molecule has 3 aromatic rings. The molecule has 3 heterocycles. The molecule has 1 aromatic carbocycles. The third-order valence-corrected chi connectivity index (χ3v) is 8.05. The van der Waals surface area contributed by atoms with Crippen molar-refractivity contribution in [2.75, 3.05) is 13.1 Å². The summed E-state index contributed by atoms with van der Waals surface area (Å²) in [5, 5.41) is 29.4. The summed E-state index contributed by atoms with van der Waals surface area (Å²) >= 11 is 3.57. The zero-order chi connectivity index (χ0) is 29.4. The van der Waals surface area contributed by atoms with Gasteiger partial charge in [0.25, 0.3) is 0 Å². The molecule has 0 aliphatic carbocycles. The van der Waals surface area contributed by atoms with Crippen LogP contribution in [0.4, 0.5) is 13.6 Å². The predicted octanol–water partition coefficient (Wildman–Crippen LogP) is 5.23. The molecule has 3 atom stereocenters. The van der Waals surface area contributed by atoms with Crippen molar-refractivity contribution in [3.8, 4) is 11.5 Å². The number of halogens is 3. The molecule has 3 N–H and O–H groups in total. The van der Waals surface area contributed by atoms with E-state index < -0.39 is 40.7 Å². The Balaban J connectivity index is 1.89. The van der Waals surface area contributed by atoms with Crippen LogP contribution >= 0.6 is 15.9 Å². The third-order valence-electron chi connectivity index (χ3n) is 7.28. The lowest BCUT2D eigenvalue weighted by Gasteiger charge is -2.53. The highest BCUT2D eigenvalue weighted by atomic mass is 79.9. The predicted molar refractivity (Wildman–Crippen MR) is 145 cm³/mol. The van der Waals surface area contributed by atoms with Gasteiger partial charge in [-0.15, -0.1) is 0 Å². The Hall–Kier alpha value is -3.38. The molecule has 2 amide bonds. The van der Waals surface area contributed by atoms with Crippen LogP contribution in [0.3, 0.4) is 0 Å². The van der Waals surface area contributed by atoms with Crippen LogP contribution in [-0.2, 0) is 16.8 Å². The van der Waals surface area contributed by atoms with Gasteiger partial charge in [0, 0.05) is 26.2 Å². The van der Waals surface area contributed by atoms with Crippen LogP contribution < -0.4 is 5.32 Å². The number of amides is 2. The minimum Gasteiger partial charge on any atom is -0.465 e. The molecule has 2 aromatic heterocycles. The molecule has 1 unspecified atom stereocenters. The first kappa shape index (κ1) is 29.6. The summed E-state index contributed by atoms with van der Waals surface area (Å²) in [6, 6.07) is 5.92. The second-order valence-corrected chi connectivity index (χ2v) is 11.8. The summed E-state index contributed by atoms with van der Waals surface area (Å²) in [6.07, 6.45) is 0.753. The van der Waals surface area contributed by atoms with E-state index in [-0.39, 0.29) is 35.9 Å². The van der Waals surface area contributed by atoms with Gasteiger partial charge in [-0.05, 0) is 63.5 Å². The molecule has 1 aliphatic rings. The van der Waals surface area contributed by atoms with E-state index in [4.69, 9.17) is 4.52 Å². The van der Waals surface area contributed by atoms with Crippen LogP contribution in [0, 0.1) is 17.0 Å². The topological polar surface area (TPSA) is 129 Å². The van der Waals surface area contributed by atoms with Crippen molar-refractivity contribution in [3.05, 3.63) is 69.5 Å². The molecule has 0 spiro atoms. The number of benzene rings is 1. The molecule has 1 fully saturated rings. The van der Waals surface area contributed by atoms with Crippen molar-refractivity contribution in [1.29, 1.82) is 0 Å². The van der Waals surface area contributed by atoms with Gasteiger partial charge in [-0.2, -0.15) is 0 Å². The standard InChI is InChI=1S/C28H31BrF2N4O5/c1-15(36)32-12-9-16-6-5-11-33-22(16)24-21(29)23(34-40-24)20-25(27(2,3)4)35(26(37)38)13-10-28(20,39)17-7-8-18(30)19(31)14-17/h5-8,11,14,20,25,39H,9-10,12-13H2,1-4H3,(H,32,36)(H,37,38)/t20-,25?,28-/m0/s1. The molecule has 12 heteroatoms. The molecule has 40 heavy (non-hydrogen) atoms. The fourth-order valence-electron chi connectivity index (χ4n) is 5.52. The summed E-state index contributed by atoms with van der Waals surface area (Å²) in [5.41, 5.74) is -1.02. The van der Waals surface area contributed by atoms with Gasteiger partial charge in [0.1, 0.15) is 17.0 Å². The number of carboxylic acid groups (broad SMARTS) is 1. The Labute approximate surface area is 238 Å². The monoisotopic (exact) mass is 620 g/mol. The van der Waals surface area contributed by atoms with Gasteiger partial charge in [0.15, 0.2) is 17.4 Å². The molecule has 0 radical (unpaired) electrons. The number of hydrogen-bond acceptors (Lipinski definition) is 6. The van der Waals surface area contributed by atoms with Crippen LogP contribution in [0.15, 0.2) is 45.5 Å². The number of carbonyl (C=O) groups excluding carboxylic acids is 1. The van der Waals surface area contributed by atoms with E-state index in [1.165, 1.54) is 17.9 Å². The number of rotatable bonds is 6. The van der Waals surface area contributed by atoms with Crippen molar-refractivity contribution in [1.82, 2.24) is 20.4 Å². The Bertz CT molecular complexity index is 1430. The molecule has 1 saturated heterocycles. The molecule has 0 saturated carbocycles. The summed E-state index contributed by atoms with van der Waals surface area (Å²) in [7, 11) is 0. The summed E-state index contributed by atoms with van der Waals surface area (Å²) < 4.78 is 34.4. The molecule has 0 bridgehead atoms. The number of aliphatic hydroxyl groups is 1. The zero-order valence-corrected chi connectivity index (χ0v) is 24.1. The lowest BCUT2D eigenvalue weighted by Crippen LogP contribution is -2.60. The number of nitrogens with one attached hydrogen (secondary N) is 1. The Kier molecular flexibility index (Phi) is 8.32. The van der Waals surface area contributed by atoms with Crippen LogP contribution in [0.2, 0.25) is 0 Å². The summed E-state index contributed by atoms with van der Waals surface area (Å²) in [6.45, 7) is 7.26. The van der Waals surface area contributed by atoms with Gasteiger partial charge in [0.05, 0.1) is 16.4 Å². The van der Waals surface area contributed by atoms with E-state index >= 15 is 0 Å². The highest BCUT2D eigenvalue weighted by Gasteiger charge is 2.56. The first-order chi connectivity index (χ1) is 18.8. The van der Waals surface area contributed by atoms with Gasteiger partial charge in [-0.1, -0.05) is 38.1 Å². The third kappa shape index (κ3) is 5.60. The van der Waals surface area contributed by atoms with Gasteiger partial charge in [-0.3, -0.25) is 9.78 Å². The molecule has 214 valence electrons. The highest BCUT2D eigenvalue weighted by Crippen LogP contribution is 2.53. The SMILES string of the molecule is CC(=O)NCCc1cccnc1-c1onc([C@H]2C(C(C)(C)C)N(C(=O)O)CC[C@]2(O)c2ccc(F)c(F)c2)c1Br. The van der Waals surface area contributed by atoms with E-state index in [0.717, 1.165) is 17.7 Å². The maximum atomic E-state index is 14.4. The second-order valence-electron chi connectivity index (χ2n) is 11.0. The molecule has 1 aliphatic heterocycles. The number of likely N-dealkylation sites (tertiary alicyclic amines) is 1. The van der Waals surface area contributed by atoms with Gasteiger partial charge < -0.3 is 25.0 Å². The van der Waals surface area contributed by atoms with Crippen molar-refractivity contribution in [2.45, 2.75) is 58.1 Å². The molecule has 9 nitrogen and oxygen atoms in total. The minimum absolute atomic E-state index is 0.0425. The second kappa shape index (κ2) is 11.2. The Morgan fingerprint density at radius 3 is 2.60 bits per heavy atom. The van der Waals surface area contributed by atoms with E-state index in [1.807, 2.05) is 26.8 Å². The quantitative estimate of drug-likeness (QED) is 0.344. The summed E-state index contributed by atoms with van der Waals surface area (Å²) in [4.78, 5) is 29.4. The average molecular weight is 621 g/mol. The minimum atomic E-state index is -1.83. The van der Waals surface area contributed by atoms with E-state index in [2.05, 4.69) is 31.4 Å². The average Bonchev–Trinajstić information content (AvgIpc) is 3.25. The van der Waals surface area contributed by atoms with E-state index in [1.54, 1.807) is 12.3 Å².